The van der Waals surface area contributed by atoms with Crippen LogP contribution in [-0.4, -0.2) is 42.7 Å². The van der Waals surface area contributed by atoms with Gasteiger partial charge in [-0.1, -0.05) is 12.1 Å². The van der Waals surface area contributed by atoms with Gasteiger partial charge < -0.3 is 14.6 Å². The highest BCUT2D eigenvalue weighted by atomic mass is 16.5. The summed E-state index contributed by atoms with van der Waals surface area (Å²) in [6.45, 7) is 4.53. The molecular formula is C42H31N7O. The summed E-state index contributed by atoms with van der Waals surface area (Å²) in [5.41, 5.74) is 10.8. The first-order valence-corrected chi connectivity index (χ1v) is 16.7. The van der Waals surface area contributed by atoms with Gasteiger partial charge in [0.1, 0.15) is 11.6 Å². The van der Waals surface area contributed by atoms with Gasteiger partial charge in [0, 0.05) is 59.4 Å². The summed E-state index contributed by atoms with van der Waals surface area (Å²) >= 11 is 0. The summed E-state index contributed by atoms with van der Waals surface area (Å²) in [5, 5.41) is 1.98. The van der Waals surface area contributed by atoms with Crippen LogP contribution >= 0.6 is 0 Å². The second-order valence-corrected chi connectivity index (χ2v) is 13.6. The average molecular weight is 650 g/mol. The molecule has 0 bridgehead atoms. The van der Waals surface area contributed by atoms with Crippen LogP contribution in [0.25, 0.3) is 72.8 Å². The van der Waals surface area contributed by atoms with E-state index in [-0.39, 0.29) is 5.41 Å². The van der Waals surface area contributed by atoms with Crippen molar-refractivity contribution in [1.82, 2.24) is 29.9 Å². The number of benzene rings is 3. The van der Waals surface area contributed by atoms with Gasteiger partial charge in [-0.25, -0.2) is 4.98 Å². The van der Waals surface area contributed by atoms with Crippen LogP contribution in [0.15, 0.2) is 122 Å². The summed E-state index contributed by atoms with van der Waals surface area (Å²) in [4.78, 5) is 29.4. The smallest absolute Gasteiger partial charge is 0.211 e. The summed E-state index contributed by atoms with van der Waals surface area (Å²) in [5.74, 6) is 1.62. The van der Waals surface area contributed by atoms with Crippen LogP contribution in [0.2, 0.25) is 0 Å². The van der Waals surface area contributed by atoms with Crippen LogP contribution in [0.4, 0.5) is 5.69 Å². The number of anilines is 1. The minimum atomic E-state index is -0.711. The SMILES string of the molecule is CN1c2ccc(-c3ccnc(-c4ccccn4)c3)cc2C(C)(C)C12C=Cc1cc(-c3nc4c5cccnc5c5ncccc5c4[nH]3)ccc1O2. The topological polar surface area (TPSA) is 92.7 Å². The minimum absolute atomic E-state index is 0.375. The Balaban J connectivity index is 1.01. The first-order chi connectivity index (χ1) is 24.4. The third-order valence-corrected chi connectivity index (χ3v) is 10.6. The molecule has 0 radical (unpaired) electrons. The number of H-pyrrole nitrogens is 1. The molecule has 2 aliphatic rings. The van der Waals surface area contributed by atoms with Gasteiger partial charge in [0.05, 0.1) is 38.9 Å². The van der Waals surface area contributed by atoms with Crippen molar-refractivity contribution in [3.8, 4) is 39.7 Å². The molecule has 8 heteroatoms. The van der Waals surface area contributed by atoms with Crippen LogP contribution < -0.4 is 9.64 Å². The van der Waals surface area contributed by atoms with E-state index in [0.29, 0.717) is 0 Å². The number of nitrogens with zero attached hydrogens (tertiary/aromatic N) is 6. The Bertz CT molecular complexity index is 2630. The molecule has 0 amide bonds. The number of likely N-dealkylation sites (N-methyl/N-ethyl adjacent to an activating group) is 1. The van der Waals surface area contributed by atoms with E-state index in [1.807, 2.05) is 42.7 Å². The first kappa shape index (κ1) is 28.6. The van der Waals surface area contributed by atoms with E-state index in [0.717, 1.165) is 83.7 Å². The number of aromatic nitrogens is 6. The minimum Gasteiger partial charge on any atom is -0.463 e. The maximum Gasteiger partial charge on any atom is 0.211 e. The van der Waals surface area contributed by atoms with Crippen LogP contribution in [0, 0.1) is 0 Å². The quantitative estimate of drug-likeness (QED) is 0.191. The van der Waals surface area contributed by atoms with Crippen molar-refractivity contribution in [2.24, 2.45) is 0 Å². The molecule has 0 aliphatic carbocycles. The standard InChI is InChI=1S/C42H31N7O/c1-41(2)31-23-25(26-16-21-44-33(24-26)32-10-4-5-18-43-32)11-13-34(31)49(3)42(41)17-15-27-22-28(12-14-35(27)50-42)40-47-38-29-8-6-19-45-36(29)37-30(39(38)48-40)9-7-20-46-37/h4-24H,1-3H3,(H,47,48). The monoisotopic (exact) mass is 649 g/mol. The summed E-state index contributed by atoms with van der Waals surface area (Å²) in [7, 11) is 2.12. The number of hydrogen-bond acceptors (Lipinski definition) is 7. The second kappa shape index (κ2) is 10.3. The number of aromatic amines is 1. The van der Waals surface area contributed by atoms with E-state index >= 15 is 0 Å². The summed E-state index contributed by atoms with van der Waals surface area (Å²) in [6, 6.07) is 31.1. The fourth-order valence-corrected chi connectivity index (χ4v) is 7.88. The predicted molar refractivity (Wildman–Crippen MR) is 199 cm³/mol. The molecule has 1 N–H and O–H groups in total. The van der Waals surface area contributed by atoms with Crippen molar-refractivity contribution >= 4 is 44.6 Å². The van der Waals surface area contributed by atoms with Crippen molar-refractivity contribution < 1.29 is 4.74 Å². The molecule has 2 aliphatic heterocycles. The predicted octanol–water partition coefficient (Wildman–Crippen LogP) is 8.98. The lowest BCUT2D eigenvalue weighted by atomic mass is 9.76. The van der Waals surface area contributed by atoms with E-state index < -0.39 is 5.72 Å². The zero-order chi connectivity index (χ0) is 33.6. The van der Waals surface area contributed by atoms with Gasteiger partial charge in [-0.15, -0.1) is 0 Å². The molecule has 8 nitrogen and oxygen atoms in total. The van der Waals surface area contributed by atoms with E-state index in [2.05, 4.69) is 124 Å². The number of rotatable bonds is 3. The molecule has 7 heterocycles. The van der Waals surface area contributed by atoms with Crippen LogP contribution in [0.1, 0.15) is 25.0 Å². The van der Waals surface area contributed by atoms with Crippen LogP contribution in [0.3, 0.4) is 0 Å². The zero-order valence-electron chi connectivity index (χ0n) is 27.7. The third-order valence-electron chi connectivity index (χ3n) is 10.6. The number of pyridine rings is 4. The van der Waals surface area contributed by atoms with Gasteiger partial charge in [-0.2, -0.15) is 0 Å². The molecule has 240 valence electrons. The summed E-state index contributed by atoms with van der Waals surface area (Å²) < 4.78 is 7.05. The summed E-state index contributed by atoms with van der Waals surface area (Å²) in [6.07, 6.45) is 11.7. The highest BCUT2D eigenvalue weighted by Gasteiger charge is 2.57. The molecule has 0 saturated carbocycles. The van der Waals surface area contributed by atoms with Gasteiger partial charge in [0.2, 0.25) is 5.72 Å². The van der Waals surface area contributed by atoms with E-state index in [4.69, 9.17) is 9.72 Å². The lowest BCUT2D eigenvalue weighted by Crippen LogP contribution is -2.58. The third kappa shape index (κ3) is 3.96. The molecule has 0 saturated heterocycles. The number of ether oxygens (including phenoxy) is 1. The van der Waals surface area contributed by atoms with Gasteiger partial charge >= 0.3 is 0 Å². The lowest BCUT2D eigenvalue weighted by Gasteiger charge is -2.45. The molecule has 8 aromatic rings. The molecule has 1 atom stereocenters. The average Bonchev–Trinajstić information content (AvgIpc) is 3.69. The highest BCUT2D eigenvalue weighted by Crippen LogP contribution is 2.55. The van der Waals surface area contributed by atoms with E-state index in [1.165, 1.54) is 5.56 Å². The normalized spacial score (nSPS) is 17.4. The Morgan fingerprint density at radius 3 is 2.26 bits per heavy atom. The molecular weight excluding hydrogens is 619 g/mol. The fourth-order valence-electron chi connectivity index (χ4n) is 7.88. The largest absolute Gasteiger partial charge is 0.463 e. The lowest BCUT2D eigenvalue weighted by molar-refractivity contribution is 0.0582. The van der Waals surface area contributed by atoms with Gasteiger partial charge in [-0.3, -0.25) is 19.9 Å². The molecule has 50 heavy (non-hydrogen) atoms. The number of nitrogens with one attached hydrogen (secondary N) is 1. The van der Waals surface area contributed by atoms with Gasteiger partial charge in [0.25, 0.3) is 0 Å². The van der Waals surface area contributed by atoms with E-state index in [9.17, 15) is 0 Å². The van der Waals surface area contributed by atoms with Crippen molar-refractivity contribution in [2.45, 2.75) is 25.0 Å². The van der Waals surface area contributed by atoms with Crippen molar-refractivity contribution in [3.05, 3.63) is 133 Å². The van der Waals surface area contributed by atoms with Gasteiger partial charge in [0.15, 0.2) is 0 Å². The molecule has 3 aromatic carbocycles. The Hall–Kier alpha value is -6.41. The van der Waals surface area contributed by atoms with Crippen LogP contribution in [0.5, 0.6) is 5.75 Å². The number of imidazole rings is 1. The molecule has 5 aromatic heterocycles. The Labute approximate surface area is 288 Å². The van der Waals surface area contributed by atoms with Crippen molar-refractivity contribution in [1.29, 1.82) is 0 Å². The highest BCUT2D eigenvalue weighted by molar-refractivity contribution is 6.21. The van der Waals surface area contributed by atoms with Crippen molar-refractivity contribution in [3.63, 3.8) is 0 Å². The molecule has 1 unspecified atom stereocenters. The Morgan fingerprint density at radius 2 is 1.42 bits per heavy atom. The molecule has 10 rings (SSSR count). The molecule has 1 spiro atoms. The Morgan fingerprint density at radius 1 is 0.660 bits per heavy atom. The number of fused-ring (bicyclic) bond motifs is 8. The van der Waals surface area contributed by atoms with E-state index in [1.54, 1.807) is 12.4 Å². The number of hydrogen-bond donors (Lipinski definition) is 1. The first-order valence-electron chi connectivity index (χ1n) is 16.7. The van der Waals surface area contributed by atoms with Crippen molar-refractivity contribution in [2.75, 3.05) is 11.9 Å². The second-order valence-electron chi connectivity index (χ2n) is 13.6. The van der Waals surface area contributed by atoms with Gasteiger partial charge in [-0.05, 0) is 122 Å². The Kier molecular flexibility index (Phi) is 5.89. The maximum absolute atomic E-state index is 7.05. The fraction of sp³-hybridized carbons (Fsp3) is 0.119. The van der Waals surface area contributed by atoms with Crippen LogP contribution in [-0.2, 0) is 5.41 Å². The zero-order valence-corrected chi connectivity index (χ0v) is 27.7. The molecule has 0 fully saturated rings. The maximum atomic E-state index is 7.05.